The maximum absolute atomic E-state index is 11.8. The molecule has 3 aromatic rings. The molecule has 0 saturated heterocycles. The van der Waals surface area contributed by atoms with E-state index in [1.165, 1.54) is 18.2 Å². The summed E-state index contributed by atoms with van der Waals surface area (Å²) in [6.07, 6.45) is 0. The minimum Gasteiger partial charge on any atom is -0.508 e. The molecule has 2 N–H and O–H groups in total. The van der Waals surface area contributed by atoms with Gasteiger partial charge in [-0.1, -0.05) is 0 Å². The Kier molecular flexibility index (Phi) is 2.07. The number of phenolic OH excluding ortho intramolecular Hbond substituents is 2. The largest absolute Gasteiger partial charge is 0.508 e. The fraction of sp³-hybridized carbons (Fsp3) is 0.0714. The van der Waals surface area contributed by atoms with Crippen molar-refractivity contribution in [3.05, 3.63) is 46.3 Å². The molecule has 1 aromatic heterocycles. The van der Waals surface area contributed by atoms with E-state index in [0.29, 0.717) is 21.9 Å². The van der Waals surface area contributed by atoms with Crippen LogP contribution in [0.2, 0.25) is 0 Å². The van der Waals surface area contributed by atoms with Gasteiger partial charge < -0.3 is 14.6 Å². The zero-order chi connectivity index (χ0) is 12.9. The molecule has 0 bridgehead atoms. The summed E-state index contributed by atoms with van der Waals surface area (Å²) in [6.45, 7) is 1.76. The summed E-state index contributed by atoms with van der Waals surface area (Å²) in [5, 5.41) is 20.8. The van der Waals surface area contributed by atoms with Crippen molar-refractivity contribution in [1.29, 1.82) is 0 Å². The lowest BCUT2D eigenvalue weighted by atomic mass is 10.0. The second-order valence-electron chi connectivity index (χ2n) is 4.25. The molecular weight excluding hydrogens is 232 g/mol. The third-order valence-corrected chi connectivity index (χ3v) is 3.01. The molecule has 4 nitrogen and oxygen atoms in total. The lowest BCUT2D eigenvalue weighted by Crippen LogP contribution is -2.00. The lowest BCUT2D eigenvalue weighted by Gasteiger charge is -2.05. The van der Waals surface area contributed by atoms with Crippen molar-refractivity contribution in [3.63, 3.8) is 0 Å². The molecule has 0 unspecified atom stereocenters. The molecule has 18 heavy (non-hydrogen) atoms. The van der Waals surface area contributed by atoms with E-state index in [1.807, 2.05) is 0 Å². The fourth-order valence-electron chi connectivity index (χ4n) is 2.06. The van der Waals surface area contributed by atoms with Crippen molar-refractivity contribution in [2.45, 2.75) is 6.92 Å². The first-order valence-electron chi connectivity index (χ1n) is 5.45. The summed E-state index contributed by atoms with van der Waals surface area (Å²) < 4.78 is 5.12. The van der Waals surface area contributed by atoms with Crippen molar-refractivity contribution < 1.29 is 14.6 Å². The van der Waals surface area contributed by atoms with E-state index < -0.39 is 5.63 Å². The van der Waals surface area contributed by atoms with Gasteiger partial charge in [-0.3, -0.25) is 0 Å². The van der Waals surface area contributed by atoms with Crippen LogP contribution in [-0.4, -0.2) is 10.2 Å². The van der Waals surface area contributed by atoms with E-state index in [1.54, 1.807) is 19.1 Å². The number of fused-ring (bicyclic) bond motifs is 3. The molecule has 90 valence electrons. The zero-order valence-electron chi connectivity index (χ0n) is 9.60. The van der Waals surface area contributed by atoms with Gasteiger partial charge in [-0.05, 0) is 36.8 Å². The molecule has 0 saturated carbocycles. The summed E-state index contributed by atoms with van der Waals surface area (Å²) in [5.41, 5.74) is 0.485. The Balaban J connectivity index is 2.61. The highest BCUT2D eigenvalue weighted by Gasteiger charge is 2.10. The van der Waals surface area contributed by atoms with Crippen LogP contribution in [0.5, 0.6) is 11.5 Å². The molecule has 0 aliphatic heterocycles. The molecule has 0 aliphatic rings. The van der Waals surface area contributed by atoms with Crippen LogP contribution in [0.1, 0.15) is 5.56 Å². The van der Waals surface area contributed by atoms with Crippen molar-refractivity contribution in [1.82, 2.24) is 0 Å². The molecule has 1 heterocycles. The maximum atomic E-state index is 11.8. The molecule has 0 radical (unpaired) electrons. The highest BCUT2D eigenvalue weighted by molar-refractivity contribution is 6.05. The van der Waals surface area contributed by atoms with Crippen molar-refractivity contribution in [3.8, 4) is 11.5 Å². The number of hydrogen-bond donors (Lipinski definition) is 2. The van der Waals surface area contributed by atoms with Crippen LogP contribution >= 0.6 is 0 Å². The summed E-state index contributed by atoms with van der Waals surface area (Å²) in [4.78, 5) is 11.8. The SMILES string of the molecule is Cc1cc2c(cc1O)c(=O)oc1cc(O)ccc12. The monoisotopic (exact) mass is 242 g/mol. The van der Waals surface area contributed by atoms with Gasteiger partial charge in [-0.15, -0.1) is 0 Å². The van der Waals surface area contributed by atoms with Crippen molar-refractivity contribution in [2.24, 2.45) is 0 Å². The lowest BCUT2D eigenvalue weighted by molar-refractivity contribution is 0.470. The van der Waals surface area contributed by atoms with E-state index in [2.05, 4.69) is 0 Å². The third-order valence-electron chi connectivity index (χ3n) is 3.01. The van der Waals surface area contributed by atoms with Crippen LogP contribution in [0.15, 0.2) is 39.5 Å². The maximum Gasteiger partial charge on any atom is 0.344 e. The number of phenols is 2. The summed E-state index contributed by atoms with van der Waals surface area (Å²) in [5.74, 6) is 0.105. The quantitative estimate of drug-likeness (QED) is 0.469. The van der Waals surface area contributed by atoms with Crippen molar-refractivity contribution >= 4 is 21.7 Å². The van der Waals surface area contributed by atoms with Gasteiger partial charge in [-0.2, -0.15) is 0 Å². The number of aryl methyl sites for hydroxylation is 1. The normalized spacial score (nSPS) is 11.2. The Morgan fingerprint density at radius 1 is 1.00 bits per heavy atom. The predicted octanol–water partition coefficient (Wildman–Crippen LogP) is 2.67. The van der Waals surface area contributed by atoms with Gasteiger partial charge >= 0.3 is 5.63 Å². The Labute approximate surface area is 102 Å². The second kappa shape index (κ2) is 3.50. The van der Waals surface area contributed by atoms with E-state index in [-0.39, 0.29) is 11.5 Å². The summed E-state index contributed by atoms with van der Waals surface area (Å²) >= 11 is 0. The predicted molar refractivity (Wildman–Crippen MR) is 68.1 cm³/mol. The van der Waals surface area contributed by atoms with E-state index in [9.17, 15) is 15.0 Å². The van der Waals surface area contributed by atoms with E-state index in [4.69, 9.17) is 4.42 Å². The average Bonchev–Trinajstić information content (AvgIpc) is 2.31. The molecule has 3 rings (SSSR count). The van der Waals surface area contributed by atoms with Gasteiger partial charge in [0.15, 0.2) is 0 Å². The second-order valence-corrected chi connectivity index (χ2v) is 4.25. The van der Waals surface area contributed by atoms with Gasteiger partial charge in [-0.25, -0.2) is 4.79 Å². The molecule has 0 aliphatic carbocycles. The minimum absolute atomic E-state index is 0.0421. The Morgan fingerprint density at radius 3 is 2.56 bits per heavy atom. The highest BCUT2D eigenvalue weighted by atomic mass is 16.4. The number of hydrogen-bond acceptors (Lipinski definition) is 4. The summed E-state index contributed by atoms with van der Waals surface area (Å²) in [6, 6.07) is 7.76. The molecular formula is C14H10O4. The Bertz CT molecular complexity index is 830. The number of aromatic hydroxyl groups is 2. The molecule has 0 atom stereocenters. The topological polar surface area (TPSA) is 70.7 Å². The smallest absolute Gasteiger partial charge is 0.344 e. The fourth-order valence-corrected chi connectivity index (χ4v) is 2.06. The third kappa shape index (κ3) is 1.43. The van der Waals surface area contributed by atoms with Gasteiger partial charge in [0.05, 0.1) is 5.39 Å². The molecule has 0 fully saturated rings. The molecule has 4 heteroatoms. The Morgan fingerprint density at radius 2 is 1.78 bits per heavy atom. The zero-order valence-corrected chi connectivity index (χ0v) is 9.60. The van der Waals surface area contributed by atoms with Gasteiger partial charge in [0.1, 0.15) is 17.1 Å². The van der Waals surface area contributed by atoms with Crippen LogP contribution in [0.3, 0.4) is 0 Å². The van der Waals surface area contributed by atoms with Gasteiger partial charge in [0.2, 0.25) is 0 Å². The average molecular weight is 242 g/mol. The molecule has 0 spiro atoms. The van der Waals surface area contributed by atoms with Crippen molar-refractivity contribution in [2.75, 3.05) is 0 Å². The number of benzene rings is 2. The van der Waals surface area contributed by atoms with Crippen LogP contribution in [-0.2, 0) is 0 Å². The van der Waals surface area contributed by atoms with Crippen LogP contribution in [0, 0.1) is 6.92 Å². The van der Waals surface area contributed by atoms with E-state index in [0.717, 1.165) is 5.39 Å². The molecule has 2 aromatic carbocycles. The van der Waals surface area contributed by atoms with E-state index >= 15 is 0 Å². The minimum atomic E-state index is -0.529. The number of rotatable bonds is 0. The Hall–Kier alpha value is -2.49. The van der Waals surface area contributed by atoms with Gasteiger partial charge in [0, 0.05) is 16.8 Å². The van der Waals surface area contributed by atoms with Crippen LogP contribution in [0.4, 0.5) is 0 Å². The first-order chi connectivity index (χ1) is 8.56. The molecule has 0 amide bonds. The standard InChI is InChI=1S/C14H10O4/c1-7-4-10-9-3-2-8(15)5-13(9)18-14(17)11(10)6-12(7)16/h2-6,15-16H,1H3. The summed E-state index contributed by atoms with van der Waals surface area (Å²) in [7, 11) is 0. The van der Waals surface area contributed by atoms with Crippen LogP contribution < -0.4 is 5.63 Å². The van der Waals surface area contributed by atoms with Gasteiger partial charge in [0.25, 0.3) is 0 Å². The highest BCUT2D eigenvalue weighted by Crippen LogP contribution is 2.29. The first kappa shape index (κ1) is 10.7. The first-order valence-corrected chi connectivity index (χ1v) is 5.45. The van der Waals surface area contributed by atoms with Crippen LogP contribution in [0.25, 0.3) is 21.7 Å².